The van der Waals surface area contributed by atoms with Crippen molar-refractivity contribution in [3.05, 3.63) is 48.0 Å². The molecule has 1 aromatic carbocycles. The molecule has 26 nitrogen and oxygen atoms in total. The van der Waals surface area contributed by atoms with Gasteiger partial charge in [0.1, 0.15) is 59.9 Å². The highest BCUT2D eigenvalue weighted by Gasteiger charge is 2.35. The molecule has 1 aromatic heterocycles. The van der Waals surface area contributed by atoms with Gasteiger partial charge in [-0.25, -0.2) is 9.78 Å². The van der Waals surface area contributed by atoms with Gasteiger partial charge >= 0.3 is 17.9 Å². The van der Waals surface area contributed by atoms with E-state index in [0.29, 0.717) is 11.3 Å². The lowest BCUT2D eigenvalue weighted by Gasteiger charge is -2.26. The average molecular weight is 1040 g/mol. The molecule has 0 aliphatic rings. The molecule has 17 N–H and O–H groups in total. The first-order chi connectivity index (χ1) is 33.9. The van der Waals surface area contributed by atoms with Crippen LogP contribution in [0.4, 0.5) is 0 Å². The molecular formula is C45H69N11O15S+2. The minimum atomic E-state index is -1.82. The molecule has 72 heavy (non-hydrogen) atoms. The van der Waals surface area contributed by atoms with Crippen LogP contribution in [-0.2, 0) is 65.6 Å². The number of carboxylic acids is 3. The number of aliphatic carboxylic acids is 3. The van der Waals surface area contributed by atoms with E-state index in [2.05, 4.69) is 58.2 Å². The van der Waals surface area contributed by atoms with Crippen LogP contribution in [0.3, 0.4) is 0 Å². The summed E-state index contributed by atoms with van der Waals surface area (Å²) in [7, 11) is 0. The van der Waals surface area contributed by atoms with Gasteiger partial charge in [-0.15, -0.1) is 0 Å². The predicted molar refractivity (Wildman–Crippen MR) is 256 cm³/mol. The van der Waals surface area contributed by atoms with Crippen molar-refractivity contribution in [2.75, 3.05) is 25.1 Å². The molecule has 0 fully saturated rings. The Morgan fingerprint density at radius 1 is 0.611 bits per heavy atom. The Hall–Kier alpha value is -7.29. The smallest absolute Gasteiger partial charge is 0.326 e. The number of amides is 8. The number of carbonyl (C=O) groups excluding carboxylic acids is 8. The number of benzene rings is 1. The Morgan fingerprint density at radius 2 is 1.11 bits per heavy atom. The molecule has 0 spiro atoms. The Morgan fingerprint density at radius 3 is 1.62 bits per heavy atom. The second-order valence-electron chi connectivity index (χ2n) is 17.6. The zero-order valence-corrected chi connectivity index (χ0v) is 41.6. The zero-order chi connectivity index (χ0) is 54.1. The van der Waals surface area contributed by atoms with Gasteiger partial charge < -0.3 is 68.7 Å². The van der Waals surface area contributed by atoms with Gasteiger partial charge in [0.15, 0.2) is 6.54 Å². The fourth-order valence-electron chi connectivity index (χ4n) is 6.93. The van der Waals surface area contributed by atoms with E-state index >= 15 is 0 Å². The number of hydrogen-bond donors (Lipinski definition) is 14. The molecule has 2 aromatic rings. The van der Waals surface area contributed by atoms with Crippen LogP contribution in [0.1, 0.15) is 77.5 Å². The number of hydrogen-bond acceptors (Lipinski definition) is 13. The number of aromatic nitrogens is 2. The maximum Gasteiger partial charge on any atom is 0.326 e. The van der Waals surface area contributed by atoms with Crippen LogP contribution in [-0.4, -0.2) is 158 Å². The molecule has 398 valence electrons. The van der Waals surface area contributed by atoms with Crippen LogP contribution in [0.2, 0.25) is 0 Å². The maximum absolute atomic E-state index is 13.8. The summed E-state index contributed by atoms with van der Waals surface area (Å²) in [5, 5.41) is 58.1. The third-order valence-corrected chi connectivity index (χ3v) is 11.2. The van der Waals surface area contributed by atoms with Gasteiger partial charge in [0.2, 0.25) is 47.7 Å². The van der Waals surface area contributed by atoms with Crippen LogP contribution in [0.25, 0.3) is 0 Å². The number of thioether (sulfide) groups is 1. The molecule has 0 aliphatic carbocycles. The first-order valence-corrected chi connectivity index (χ1v) is 24.5. The lowest BCUT2D eigenvalue weighted by Crippen LogP contribution is -2.61. The van der Waals surface area contributed by atoms with E-state index < -0.39 is 133 Å². The lowest BCUT2D eigenvalue weighted by molar-refractivity contribution is -0.376. The number of imidazole rings is 1. The molecule has 7 atom stereocenters. The highest BCUT2D eigenvalue weighted by molar-refractivity contribution is 7.98. The van der Waals surface area contributed by atoms with Crippen LogP contribution in [0, 0.1) is 11.8 Å². The molecule has 0 saturated heterocycles. The SMILES string of the molecule is CSCC[C@H](NC(=O)CNC(=O)[C@H](CC(=O)O)NC(=O)[C@H](Cc1ccc(O)cc1)NC(=O)[C@H](CC(C)C)NC(=O)C[NH3+])C(=O)N[C@@H](CCC(=O)O)C(=O)N[C@@H](Cc1c[nH+]c[nH]1)C(=O)N[C@@H](CC(C)C)C(=O)O. The standard InChI is InChI=1S/C45H67N11O15S/c1-23(2)14-30(51-35(58)19-46)42(67)53-31(16-25-6-8-27(57)9-7-25)43(68)55-33(18-38(62)63)39(64)48-21-36(59)50-29(12-13-72-5)41(66)52-28(10-11-37(60)61)40(65)54-32(17-26-20-47-22-49-26)44(69)56-34(45(70)71)15-24(3)4/h6-9,20,22-24,28-34,57H,10-19,21,46H2,1-5H3,(H,47,49)(H,48,64)(H,50,59)(H,51,58)(H,52,66)(H,53,67)(H,54,65)(H,55,68)(H,56,69)(H,60,61)(H,62,63)(H,70,71)/p+2/t28-,29-,30-,31-,32-,33-,34-/m0/s1. The Bertz CT molecular complexity index is 2180. The maximum atomic E-state index is 13.8. The van der Waals surface area contributed by atoms with E-state index in [9.17, 15) is 73.2 Å². The van der Waals surface area contributed by atoms with E-state index in [-0.39, 0.29) is 62.0 Å². The Labute approximate surface area is 419 Å². The average Bonchev–Trinajstić information content (AvgIpc) is 3.82. The van der Waals surface area contributed by atoms with Crippen molar-refractivity contribution in [2.45, 2.75) is 121 Å². The summed E-state index contributed by atoms with van der Waals surface area (Å²) in [6.07, 6.45) is 2.30. The molecule has 0 unspecified atom stereocenters. The number of quaternary nitrogens is 1. The van der Waals surface area contributed by atoms with Crippen molar-refractivity contribution in [1.29, 1.82) is 0 Å². The molecule has 2 rings (SSSR count). The highest BCUT2D eigenvalue weighted by Crippen LogP contribution is 2.14. The van der Waals surface area contributed by atoms with Crippen LogP contribution in [0.5, 0.6) is 5.75 Å². The van der Waals surface area contributed by atoms with E-state index in [1.165, 1.54) is 48.6 Å². The van der Waals surface area contributed by atoms with E-state index in [0.717, 1.165) is 0 Å². The quantitative estimate of drug-likeness (QED) is 0.0328. The molecule has 0 radical (unpaired) electrons. The third-order valence-electron chi connectivity index (χ3n) is 10.5. The van der Waals surface area contributed by atoms with Gasteiger partial charge in [-0.1, -0.05) is 39.8 Å². The molecular weight excluding hydrogens is 967 g/mol. The van der Waals surface area contributed by atoms with E-state index in [4.69, 9.17) is 0 Å². The number of rotatable bonds is 33. The van der Waals surface area contributed by atoms with Gasteiger partial charge in [-0.2, -0.15) is 11.8 Å². The van der Waals surface area contributed by atoms with Crippen molar-refractivity contribution in [3.63, 3.8) is 0 Å². The lowest BCUT2D eigenvalue weighted by atomic mass is 10.0. The largest absolute Gasteiger partial charge is 0.508 e. The minimum Gasteiger partial charge on any atom is -0.508 e. The number of aromatic amines is 2. The molecule has 27 heteroatoms. The summed E-state index contributed by atoms with van der Waals surface area (Å²) in [5.41, 5.74) is 4.37. The molecule has 0 aliphatic heterocycles. The molecule has 8 amide bonds. The number of carboxylic acid groups (broad SMARTS) is 3. The predicted octanol–water partition coefficient (Wildman–Crippen LogP) is -3.66. The summed E-state index contributed by atoms with van der Waals surface area (Å²) < 4.78 is 0. The van der Waals surface area contributed by atoms with Crippen molar-refractivity contribution in [3.8, 4) is 5.75 Å². The van der Waals surface area contributed by atoms with E-state index in [1.54, 1.807) is 34.0 Å². The topological polar surface area (TPSA) is 422 Å². The first kappa shape index (κ1) is 60.8. The van der Waals surface area contributed by atoms with Crippen molar-refractivity contribution >= 4 is 76.9 Å². The molecule has 0 saturated carbocycles. The Balaban J connectivity index is 2.31. The minimum absolute atomic E-state index is 0.0520. The van der Waals surface area contributed by atoms with Crippen molar-refractivity contribution in [2.24, 2.45) is 11.8 Å². The fraction of sp³-hybridized carbons (Fsp3) is 0.556. The number of H-pyrrole nitrogens is 2. The van der Waals surface area contributed by atoms with Crippen LogP contribution >= 0.6 is 11.8 Å². The van der Waals surface area contributed by atoms with Gasteiger partial charge in [0.05, 0.1) is 13.0 Å². The van der Waals surface area contributed by atoms with Crippen LogP contribution in [0.15, 0.2) is 36.8 Å². The summed E-state index contributed by atoms with van der Waals surface area (Å²) in [4.78, 5) is 149. The van der Waals surface area contributed by atoms with Crippen molar-refractivity contribution in [1.82, 2.24) is 47.5 Å². The van der Waals surface area contributed by atoms with Gasteiger partial charge in [0.25, 0.3) is 5.91 Å². The normalized spacial score (nSPS) is 13.9. The van der Waals surface area contributed by atoms with Gasteiger partial charge in [0, 0.05) is 19.3 Å². The third kappa shape index (κ3) is 23.1. The number of nitrogens with one attached hydrogen (secondary N) is 10. The number of phenols is 1. The number of phenolic OH excluding ortho intramolecular Hbond substituents is 1. The summed E-state index contributed by atoms with van der Waals surface area (Å²) in [6, 6.07) is -4.53. The fourth-order valence-corrected chi connectivity index (χ4v) is 7.40. The number of carbonyl (C=O) groups is 11. The zero-order valence-electron chi connectivity index (χ0n) is 40.8. The highest BCUT2D eigenvalue weighted by atomic mass is 32.2. The monoisotopic (exact) mass is 1040 g/mol. The van der Waals surface area contributed by atoms with Crippen LogP contribution < -0.4 is 53.3 Å². The summed E-state index contributed by atoms with van der Waals surface area (Å²) >= 11 is 1.28. The molecule has 1 heterocycles. The van der Waals surface area contributed by atoms with Gasteiger partial charge in [-0.3, -0.25) is 52.9 Å². The summed E-state index contributed by atoms with van der Waals surface area (Å²) in [5.74, 6) is -11.5. The first-order valence-electron chi connectivity index (χ1n) is 23.1. The second-order valence-corrected chi connectivity index (χ2v) is 18.6. The van der Waals surface area contributed by atoms with Gasteiger partial charge in [-0.05, 0) is 67.2 Å². The molecule has 0 bridgehead atoms. The Kier molecular flexibility index (Phi) is 26.3. The van der Waals surface area contributed by atoms with E-state index in [1.807, 2.05) is 0 Å². The summed E-state index contributed by atoms with van der Waals surface area (Å²) in [6.45, 7) is 6.06. The second kappa shape index (κ2) is 31.1. The van der Waals surface area contributed by atoms with Crippen molar-refractivity contribution < 1.29 is 83.9 Å². The number of aromatic hydroxyl groups is 1.